The molecule has 0 bridgehead atoms. The van der Waals surface area contributed by atoms with Crippen LogP contribution in [0, 0.1) is 10.8 Å². The van der Waals surface area contributed by atoms with Crippen LogP contribution < -0.4 is 5.32 Å². The molecule has 2 saturated carbocycles. The topological polar surface area (TPSA) is 58.5 Å². The number of hydrogen-bond acceptors (Lipinski definition) is 4. The molecule has 4 rings (SSSR count). The summed E-state index contributed by atoms with van der Waals surface area (Å²) in [5, 5.41) is 5.70. The zero-order valence-corrected chi connectivity index (χ0v) is 13.3. The predicted octanol–water partition coefficient (Wildman–Crippen LogP) is 4.60. The Morgan fingerprint density at radius 3 is 1.96 bits per heavy atom. The van der Waals surface area contributed by atoms with Crippen LogP contribution in [0.1, 0.15) is 44.1 Å². The van der Waals surface area contributed by atoms with Crippen molar-refractivity contribution in [3.63, 3.8) is 0 Å². The van der Waals surface area contributed by atoms with Gasteiger partial charge in [0.15, 0.2) is 0 Å². The molecule has 0 spiro atoms. The third-order valence-electron chi connectivity index (χ3n) is 3.85. The molecule has 1 aliphatic heterocycles. The lowest BCUT2D eigenvalue weighted by molar-refractivity contribution is -0.137. The van der Waals surface area contributed by atoms with Gasteiger partial charge in [-0.2, -0.15) is 13.2 Å². The largest absolute Gasteiger partial charge is 0.416 e. The summed E-state index contributed by atoms with van der Waals surface area (Å²) in [4.78, 5) is 20.6. The standard InChI is InChI=1S/C7H4F3NO.C7H11NO.C3H6/c8-7(9,10)5-1-3-6(11-12)4-2-5;9-6-3-7(8-4-6)5-1-2-5;1-2-3-1/h1-4H;5,7-8H,1-4H2;1-3H2. The van der Waals surface area contributed by atoms with Crippen LogP contribution in [-0.4, -0.2) is 18.4 Å². The Bertz CT molecular complexity index is 549. The lowest BCUT2D eigenvalue weighted by Crippen LogP contribution is -2.22. The van der Waals surface area contributed by atoms with Gasteiger partial charge in [0.1, 0.15) is 11.5 Å². The maximum atomic E-state index is 11.9. The van der Waals surface area contributed by atoms with Gasteiger partial charge in [-0.3, -0.25) is 4.79 Å². The minimum absolute atomic E-state index is 0.0111. The van der Waals surface area contributed by atoms with Gasteiger partial charge in [-0.05, 0) is 48.2 Å². The Morgan fingerprint density at radius 1 is 1.04 bits per heavy atom. The van der Waals surface area contributed by atoms with Crippen molar-refractivity contribution in [2.45, 2.75) is 50.7 Å². The summed E-state index contributed by atoms with van der Waals surface area (Å²) in [7, 11) is 0. The molecule has 1 aromatic carbocycles. The number of carbonyl (C=O) groups is 1. The van der Waals surface area contributed by atoms with E-state index < -0.39 is 11.7 Å². The van der Waals surface area contributed by atoms with Gasteiger partial charge in [0.25, 0.3) is 0 Å². The first-order valence-electron chi connectivity index (χ1n) is 8.16. The zero-order valence-electron chi connectivity index (χ0n) is 13.3. The predicted molar refractivity (Wildman–Crippen MR) is 84.9 cm³/mol. The number of ketones is 1. The van der Waals surface area contributed by atoms with Gasteiger partial charge in [-0.1, -0.05) is 19.3 Å². The fraction of sp³-hybridized carbons (Fsp3) is 0.588. The Kier molecular flexibility index (Phi) is 6.48. The first-order valence-corrected chi connectivity index (χ1v) is 8.16. The van der Waals surface area contributed by atoms with Crippen molar-refractivity contribution in [3.05, 3.63) is 34.7 Å². The van der Waals surface area contributed by atoms with Crippen molar-refractivity contribution in [1.29, 1.82) is 0 Å². The second kappa shape index (κ2) is 8.37. The first-order chi connectivity index (χ1) is 11.4. The molecule has 24 heavy (non-hydrogen) atoms. The molecule has 1 heterocycles. The number of carbonyl (C=O) groups excluding carboxylic acids is 1. The van der Waals surface area contributed by atoms with Crippen molar-refractivity contribution in [1.82, 2.24) is 5.32 Å². The van der Waals surface area contributed by atoms with E-state index in [-0.39, 0.29) is 5.69 Å². The zero-order chi connectivity index (χ0) is 17.6. The van der Waals surface area contributed by atoms with E-state index in [1.807, 2.05) is 0 Å². The van der Waals surface area contributed by atoms with Crippen molar-refractivity contribution in [2.75, 3.05) is 6.54 Å². The smallest absolute Gasteiger partial charge is 0.306 e. The Balaban J connectivity index is 0.000000151. The maximum Gasteiger partial charge on any atom is 0.416 e. The monoisotopic (exact) mass is 342 g/mol. The average molecular weight is 342 g/mol. The summed E-state index contributed by atoms with van der Waals surface area (Å²) < 4.78 is 35.7. The first kappa shape index (κ1) is 18.6. The van der Waals surface area contributed by atoms with E-state index in [0.29, 0.717) is 18.4 Å². The van der Waals surface area contributed by atoms with E-state index in [0.717, 1.165) is 36.6 Å². The highest BCUT2D eigenvalue weighted by molar-refractivity contribution is 5.83. The molecule has 1 saturated heterocycles. The Labute approximate surface area is 138 Å². The molecule has 1 unspecified atom stereocenters. The van der Waals surface area contributed by atoms with E-state index in [2.05, 4.69) is 10.5 Å². The van der Waals surface area contributed by atoms with E-state index in [4.69, 9.17) is 0 Å². The SMILES string of the molecule is C1CC1.O=C1CNC(C2CC2)C1.O=Nc1ccc(C(F)(F)F)cc1. The number of benzene rings is 1. The molecule has 3 aliphatic rings. The average Bonchev–Trinajstić information content (AvgIpc) is 3.46. The molecule has 0 aromatic heterocycles. The number of nitrogens with one attached hydrogen (secondary N) is 1. The summed E-state index contributed by atoms with van der Waals surface area (Å²) >= 11 is 0. The van der Waals surface area contributed by atoms with Gasteiger partial charge in [0.05, 0.1) is 12.1 Å². The van der Waals surface area contributed by atoms with Gasteiger partial charge in [0.2, 0.25) is 0 Å². The molecule has 4 nitrogen and oxygen atoms in total. The lowest BCUT2D eigenvalue weighted by Gasteiger charge is -2.04. The van der Waals surface area contributed by atoms with Crippen LogP contribution >= 0.6 is 0 Å². The number of nitrogens with zero attached hydrogens (tertiary/aromatic N) is 1. The fourth-order valence-corrected chi connectivity index (χ4v) is 2.18. The molecule has 0 radical (unpaired) electrons. The lowest BCUT2D eigenvalue weighted by atomic mass is 10.1. The van der Waals surface area contributed by atoms with Crippen LogP contribution in [0.4, 0.5) is 18.9 Å². The molecule has 2 aliphatic carbocycles. The molecular formula is C17H21F3N2O2. The second-order valence-electron chi connectivity index (χ2n) is 6.26. The van der Waals surface area contributed by atoms with Gasteiger partial charge in [-0.25, -0.2) is 0 Å². The van der Waals surface area contributed by atoms with Crippen LogP contribution in [0.15, 0.2) is 29.4 Å². The van der Waals surface area contributed by atoms with Gasteiger partial charge in [0, 0.05) is 12.5 Å². The van der Waals surface area contributed by atoms with Crippen LogP contribution in [0.25, 0.3) is 0 Å². The van der Waals surface area contributed by atoms with Crippen molar-refractivity contribution in [3.8, 4) is 0 Å². The summed E-state index contributed by atoms with van der Waals surface area (Å²) in [6, 6.07) is 4.23. The Morgan fingerprint density at radius 2 is 1.62 bits per heavy atom. The molecule has 132 valence electrons. The highest BCUT2D eigenvalue weighted by Crippen LogP contribution is 2.35. The van der Waals surface area contributed by atoms with Crippen molar-refractivity contribution >= 4 is 11.5 Å². The molecule has 3 fully saturated rings. The number of alkyl halides is 3. The van der Waals surface area contributed by atoms with E-state index in [1.165, 1.54) is 32.1 Å². The summed E-state index contributed by atoms with van der Waals surface area (Å²) in [6.45, 7) is 0.626. The summed E-state index contributed by atoms with van der Waals surface area (Å²) in [6.07, 6.45) is 3.61. The number of hydrogen-bond donors (Lipinski definition) is 1. The molecular weight excluding hydrogens is 321 g/mol. The number of rotatable bonds is 2. The number of halogens is 3. The van der Waals surface area contributed by atoms with Crippen LogP contribution in [0.5, 0.6) is 0 Å². The highest BCUT2D eigenvalue weighted by Gasteiger charge is 2.35. The molecule has 1 N–H and O–H groups in total. The van der Waals surface area contributed by atoms with E-state index >= 15 is 0 Å². The molecule has 1 atom stereocenters. The minimum atomic E-state index is -4.36. The summed E-state index contributed by atoms with van der Waals surface area (Å²) in [5.41, 5.74) is -0.794. The fourth-order valence-electron chi connectivity index (χ4n) is 2.18. The van der Waals surface area contributed by atoms with E-state index in [9.17, 15) is 22.9 Å². The van der Waals surface area contributed by atoms with Gasteiger partial charge in [-0.15, -0.1) is 4.91 Å². The Hall–Kier alpha value is -1.76. The van der Waals surface area contributed by atoms with Crippen LogP contribution in [0.3, 0.4) is 0 Å². The molecule has 1 aromatic rings. The normalized spacial score (nSPS) is 22.0. The summed E-state index contributed by atoms with van der Waals surface area (Å²) in [5.74, 6) is 1.24. The van der Waals surface area contributed by atoms with Gasteiger partial charge < -0.3 is 5.32 Å². The van der Waals surface area contributed by atoms with Crippen LogP contribution in [-0.2, 0) is 11.0 Å². The van der Waals surface area contributed by atoms with Crippen molar-refractivity contribution in [2.24, 2.45) is 11.1 Å². The van der Waals surface area contributed by atoms with E-state index in [1.54, 1.807) is 0 Å². The third kappa shape index (κ3) is 6.78. The third-order valence-corrected chi connectivity index (χ3v) is 3.85. The van der Waals surface area contributed by atoms with Crippen molar-refractivity contribution < 1.29 is 18.0 Å². The number of nitroso groups, excluding NO2 is 1. The molecule has 0 amide bonds. The van der Waals surface area contributed by atoms with Gasteiger partial charge >= 0.3 is 6.18 Å². The molecule has 7 heteroatoms. The minimum Gasteiger partial charge on any atom is -0.306 e. The highest BCUT2D eigenvalue weighted by atomic mass is 19.4. The maximum absolute atomic E-state index is 11.9. The van der Waals surface area contributed by atoms with Crippen LogP contribution in [0.2, 0.25) is 0 Å². The second-order valence-corrected chi connectivity index (χ2v) is 6.26. The quantitative estimate of drug-likeness (QED) is 0.799. The number of Topliss-reactive ketones (excluding diaryl/α,β-unsaturated/α-hetero) is 1.